The second-order valence-corrected chi connectivity index (χ2v) is 6.45. The molecule has 0 spiro atoms. The lowest BCUT2D eigenvalue weighted by atomic mass is 9.75. The Labute approximate surface area is 133 Å². The topological polar surface area (TPSA) is 29.1 Å². The second-order valence-electron chi connectivity index (χ2n) is 6.45. The maximum atomic E-state index is 12.8. The molecular formula is C20H25NO. The molecule has 2 aliphatic rings. The van der Waals surface area contributed by atoms with Crippen LogP contribution in [0.4, 0.5) is 0 Å². The highest BCUT2D eigenvalue weighted by molar-refractivity contribution is 5.82. The van der Waals surface area contributed by atoms with Gasteiger partial charge in [0.1, 0.15) is 0 Å². The first-order valence-corrected chi connectivity index (χ1v) is 8.52. The van der Waals surface area contributed by atoms with E-state index in [1.807, 2.05) is 18.2 Å². The Morgan fingerprint density at radius 2 is 1.91 bits per heavy atom. The van der Waals surface area contributed by atoms with Crippen molar-refractivity contribution >= 4 is 5.91 Å². The molecule has 2 aliphatic carbocycles. The van der Waals surface area contributed by atoms with Gasteiger partial charge in [-0.25, -0.2) is 0 Å². The van der Waals surface area contributed by atoms with Gasteiger partial charge in [-0.15, -0.1) is 0 Å². The molecule has 1 aromatic rings. The lowest BCUT2D eigenvalue weighted by Gasteiger charge is -2.30. The average molecular weight is 295 g/mol. The summed E-state index contributed by atoms with van der Waals surface area (Å²) in [6.07, 6.45) is 13.6. The van der Waals surface area contributed by atoms with E-state index < -0.39 is 0 Å². The summed E-state index contributed by atoms with van der Waals surface area (Å²) in [7, 11) is 0. The minimum atomic E-state index is 0.0685. The quantitative estimate of drug-likeness (QED) is 0.858. The van der Waals surface area contributed by atoms with Crippen molar-refractivity contribution in [2.24, 2.45) is 11.8 Å². The molecular weight excluding hydrogens is 270 g/mol. The third-order valence-electron chi connectivity index (χ3n) is 4.91. The summed E-state index contributed by atoms with van der Waals surface area (Å²) in [6, 6.07) is 10.2. The third kappa shape index (κ3) is 3.68. The summed E-state index contributed by atoms with van der Waals surface area (Å²) < 4.78 is 0. The summed E-state index contributed by atoms with van der Waals surface area (Å²) in [5, 5.41) is 3.17. The molecule has 1 amide bonds. The van der Waals surface area contributed by atoms with Gasteiger partial charge in [0, 0.05) is 6.54 Å². The van der Waals surface area contributed by atoms with Crippen molar-refractivity contribution in [2.45, 2.75) is 45.1 Å². The zero-order chi connectivity index (χ0) is 15.2. The van der Waals surface area contributed by atoms with Crippen molar-refractivity contribution in [3.8, 4) is 0 Å². The van der Waals surface area contributed by atoms with E-state index in [2.05, 4.69) is 35.7 Å². The first kappa shape index (κ1) is 15.1. The average Bonchev–Trinajstić information content (AvgIpc) is 3.09. The molecule has 1 atom stereocenters. The number of carbonyl (C=O) groups excluding carboxylic acids is 1. The SMILES string of the molecule is O=C(NCc1ccccc1)C(C1=CC=CC1)C1CCCCC1. The number of rotatable bonds is 5. The summed E-state index contributed by atoms with van der Waals surface area (Å²) in [5.41, 5.74) is 2.47. The van der Waals surface area contributed by atoms with Gasteiger partial charge in [0.15, 0.2) is 0 Å². The van der Waals surface area contributed by atoms with E-state index in [1.54, 1.807) is 0 Å². The van der Waals surface area contributed by atoms with Crippen molar-refractivity contribution < 1.29 is 4.79 Å². The van der Waals surface area contributed by atoms with Crippen LogP contribution >= 0.6 is 0 Å². The third-order valence-corrected chi connectivity index (χ3v) is 4.91. The molecule has 22 heavy (non-hydrogen) atoms. The monoisotopic (exact) mass is 295 g/mol. The zero-order valence-corrected chi connectivity index (χ0v) is 13.1. The summed E-state index contributed by atoms with van der Waals surface area (Å²) in [5.74, 6) is 0.806. The number of amides is 1. The highest BCUT2D eigenvalue weighted by Crippen LogP contribution is 2.36. The van der Waals surface area contributed by atoms with Gasteiger partial charge in [0.05, 0.1) is 5.92 Å². The number of carbonyl (C=O) groups is 1. The Hall–Kier alpha value is -1.83. The molecule has 0 aromatic heterocycles. The van der Waals surface area contributed by atoms with Crippen LogP contribution in [-0.4, -0.2) is 5.91 Å². The largest absolute Gasteiger partial charge is 0.351 e. The Morgan fingerprint density at radius 3 is 2.59 bits per heavy atom. The van der Waals surface area contributed by atoms with Crippen LogP contribution in [0.3, 0.4) is 0 Å². The van der Waals surface area contributed by atoms with E-state index in [9.17, 15) is 4.79 Å². The van der Waals surface area contributed by atoms with Crippen LogP contribution in [0.2, 0.25) is 0 Å². The molecule has 3 rings (SSSR count). The second kappa shape index (κ2) is 7.44. The van der Waals surface area contributed by atoms with Crippen LogP contribution in [-0.2, 0) is 11.3 Å². The normalized spacial score (nSPS) is 19.7. The van der Waals surface area contributed by atoms with Gasteiger partial charge in [0.25, 0.3) is 0 Å². The maximum absolute atomic E-state index is 12.8. The van der Waals surface area contributed by atoms with Crippen molar-refractivity contribution in [3.63, 3.8) is 0 Å². The van der Waals surface area contributed by atoms with E-state index >= 15 is 0 Å². The molecule has 2 nitrogen and oxygen atoms in total. The van der Waals surface area contributed by atoms with Crippen molar-refractivity contribution in [3.05, 3.63) is 59.7 Å². The van der Waals surface area contributed by atoms with Gasteiger partial charge in [-0.1, -0.05) is 73.4 Å². The van der Waals surface area contributed by atoms with Gasteiger partial charge < -0.3 is 5.32 Å². The zero-order valence-electron chi connectivity index (χ0n) is 13.1. The highest BCUT2D eigenvalue weighted by atomic mass is 16.1. The van der Waals surface area contributed by atoms with Crippen LogP contribution < -0.4 is 5.32 Å². The Kier molecular flexibility index (Phi) is 5.10. The molecule has 0 aliphatic heterocycles. The number of benzene rings is 1. The first-order valence-electron chi connectivity index (χ1n) is 8.52. The van der Waals surface area contributed by atoms with E-state index in [-0.39, 0.29) is 11.8 Å². The van der Waals surface area contributed by atoms with E-state index in [0.717, 1.165) is 12.0 Å². The first-order chi connectivity index (χ1) is 10.8. The van der Waals surface area contributed by atoms with Crippen molar-refractivity contribution in [1.82, 2.24) is 5.32 Å². The van der Waals surface area contributed by atoms with Gasteiger partial charge in [0.2, 0.25) is 5.91 Å². The van der Waals surface area contributed by atoms with Crippen molar-refractivity contribution in [2.75, 3.05) is 0 Å². The molecule has 1 N–H and O–H groups in total. The Balaban J connectivity index is 1.66. The lowest BCUT2D eigenvalue weighted by Crippen LogP contribution is -2.36. The Bertz CT molecular complexity index is 552. The minimum absolute atomic E-state index is 0.0685. The lowest BCUT2D eigenvalue weighted by molar-refractivity contribution is -0.125. The van der Waals surface area contributed by atoms with Crippen LogP contribution in [0, 0.1) is 11.8 Å². The van der Waals surface area contributed by atoms with Gasteiger partial charge in [-0.2, -0.15) is 0 Å². The van der Waals surface area contributed by atoms with E-state index in [1.165, 1.54) is 37.7 Å². The summed E-state index contributed by atoms with van der Waals surface area (Å²) >= 11 is 0. The van der Waals surface area contributed by atoms with Crippen LogP contribution in [0.1, 0.15) is 44.1 Å². The van der Waals surface area contributed by atoms with Gasteiger partial charge in [-0.3, -0.25) is 4.79 Å². The fourth-order valence-corrected chi connectivity index (χ4v) is 3.74. The van der Waals surface area contributed by atoms with Gasteiger partial charge in [-0.05, 0) is 30.7 Å². The molecule has 1 saturated carbocycles. The number of hydrogen-bond acceptors (Lipinski definition) is 1. The maximum Gasteiger partial charge on any atom is 0.227 e. The number of nitrogens with one attached hydrogen (secondary N) is 1. The predicted molar refractivity (Wildman–Crippen MR) is 90.2 cm³/mol. The molecule has 1 fully saturated rings. The van der Waals surface area contributed by atoms with E-state index in [4.69, 9.17) is 0 Å². The molecule has 0 radical (unpaired) electrons. The summed E-state index contributed by atoms with van der Waals surface area (Å²) in [6.45, 7) is 0.629. The van der Waals surface area contributed by atoms with E-state index in [0.29, 0.717) is 12.5 Å². The van der Waals surface area contributed by atoms with Gasteiger partial charge >= 0.3 is 0 Å². The van der Waals surface area contributed by atoms with Crippen LogP contribution in [0.25, 0.3) is 0 Å². The van der Waals surface area contributed by atoms with Crippen molar-refractivity contribution in [1.29, 1.82) is 0 Å². The predicted octanol–water partition coefficient (Wildman–Crippen LogP) is 4.39. The van der Waals surface area contributed by atoms with Crippen LogP contribution in [0.15, 0.2) is 54.1 Å². The molecule has 1 unspecified atom stereocenters. The fraction of sp³-hybridized carbons (Fsp3) is 0.450. The highest BCUT2D eigenvalue weighted by Gasteiger charge is 2.32. The number of allylic oxidation sites excluding steroid dienone is 3. The standard InChI is InChI=1S/C20H25NO/c22-20(21-15-16-9-3-1-4-10-16)19(18-13-7-8-14-18)17-11-5-2-6-12-17/h1,3-4,7-10,13,17,19H,2,5-6,11-12,14-15H2,(H,21,22). The van der Waals surface area contributed by atoms with Crippen LogP contribution in [0.5, 0.6) is 0 Å². The fourth-order valence-electron chi connectivity index (χ4n) is 3.74. The molecule has 0 heterocycles. The smallest absolute Gasteiger partial charge is 0.227 e. The minimum Gasteiger partial charge on any atom is -0.351 e. The summed E-state index contributed by atoms with van der Waals surface area (Å²) in [4.78, 5) is 12.8. The molecule has 116 valence electrons. The molecule has 2 heteroatoms. The Morgan fingerprint density at radius 1 is 1.14 bits per heavy atom. The molecule has 0 bridgehead atoms. The number of hydrogen-bond donors (Lipinski definition) is 1. The molecule has 1 aromatic carbocycles. The molecule has 0 saturated heterocycles.